The first-order chi connectivity index (χ1) is 14.8. The highest BCUT2D eigenvalue weighted by Gasteiger charge is 2.36. The van der Waals surface area contributed by atoms with Crippen LogP contribution >= 0.6 is 11.5 Å². The summed E-state index contributed by atoms with van der Waals surface area (Å²) in [6, 6.07) is 4.78. The van der Waals surface area contributed by atoms with Crippen molar-refractivity contribution in [2.75, 3.05) is 36.5 Å². The van der Waals surface area contributed by atoms with Crippen LogP contribution in [-0.2, 0) is 14.6 Å². The summed E-state index contributed by atoms with van der Waals surface area (Å²) in [4.78, 5) is 33.2. The number of nitrogens with one attached hydrogen (secondary N) is 1. The lowest BCUT2D eigenvalue weighted by Crippen LogP contribution is -2.56. The van der Waals surface area contributed by atoms with Crippen LogP contribution < -0.4 is 5.32 Å². The zero-order chi connectivity index (χ0) is 22.0. The Morgan fingerprint density at radius 1 is 1.10 bits per heavy atom. The third-order valence-electron chi connectivity index (χ3n) is 5.42. The van der Waals surface area contributed by atoms with E-state index in [0.717, 1.165) is 24.4 Å². The summed E-state index contributed by atoms with van der Waals surface area (Å²) in [5.74, 6) is -0.437. The number of halogens is 1. The highest BCUT2D eigenvalue weighted by Crippen LogP contribution is 2.24. The van der Waals surface area contributed by atoms with Gasteiger partial charge in [0.15, 0.2) is 15.7 Å². The lowest BCUT2D eigenvalue weighted by atomic mass is 10.0. The molecule has 1 aromatic carbocycles. The molecule has 31 heavy (non-hydrogen) atoms. The third kappa shape index (κ3) is 5.01. The number of benzene rings is 1. The number of hydrogen-bond donors (Lipinski definition) is 1. The van der Waals surface area contributed by atoms with Crippen molar-refractivity contribution in [1.29, 1.82) is 0 Å². The van der Waals surface area contributed by atoms with Gasteiger partial charge in [-0.15, -0.1) is 0 Å². The number of sulfone groups is 1. The molecule has 0 spiro atoms. The minimum Gasteiger partial charge on any atom is -0.323 e. The van der Waals surface area contributed by atoms with E-state index in [9.17, 15) is 22.4 Å². The molecular weight excluding hydrogens is 445 g/mol. The quantitative estimate of drug-likeness (QED) is 0.739. The van der Waals surface area contributed by atoms with Gasteiger partial charge in [0.1, 0.15) is 11.9 Å². The van der Waals surface area contributed by atoms with Gasteiger partial charge in [0.25, 0.3) is 0 Å². The maximum atomic E-state index is 13.1. The van der Waals surface area contributed by atoms with Crippen LogP contribution in [0.25, 0.3) is 11.4 Å². The largest absolute Gasteiger partial charge is 0.323 e. The van der Waals surface area contributed by atoms with E-state index in [0.29, 0.717) is 29.5 Å². The lowest BCUT2D eigenvalue weighted by Gasteiger charge is -2.39. The summed E-state index contributed by atoms with van der Waals surface area (Å²) >= 11 is 1.01. The van der Waals surface area contributed by atoms with E-state index in [1.165, 1.54) is 21.9 Å². The van der Waals surface area contributed by atoms with Crippen LogP contribution in [0.15, 0.2) is 24.3 Å². The van der Waals surface area contributed by atoms with Crippen LogP contribution in [0.1, 0.15) is 19.3 Å². The number of amides is 3. The fraction of sp³-hybridized carbons (Fsp3) is 0.474. The van der Waals surface area contributed by atoms with Crippen LogP contribution in [-0.4, -0.2) is 76.7 Å². The van der Waals surface area contributed by atoms with Gasteiger partial charge in [-0.25, -0.2) is 17.6 Å². The molecule has 1 aromatic heterocycles. The fourth-order valence-corrected chi connectivity index (χ4v) is 5.49. The summed E-state index contributed by atoms with van der Waals surface area (Å²) in [6.07, 6.45) is 2.12. The molecule has 9 nitrogen and oxygen atoms in total. The average molecular weight is 468 g/mol. The predicted molar refractivity (Wildman–Crippen MR) is 114 cm³/mol. The van der Waals surface area contributed by atoms with Crippen molar-refractivity contribution >= 4 is 38.4 Å². The molecule has 1 N–H and O–H groups in total. The Bertz CT molecular complexity index is 1060. The zero-order valence-electron chi connectivity index (χ0n) is 16.7. The van der Waals surface area contributed by atoms with Gasteiger partial charge < -0.3 is 9.80 Å². The smallest absolute Gasteiger partial charge is 0.320 e. The molecule has 4 rings (SSSR count). The molecule has 3 amide bonds. The van der Waals surface area contributed by atoms with Gasteiger partial charge in [-0.05, 0) is 43.5 Å². The summed E-state index contributed by atoms with van der Waals surface area (Å²) < 4.78 is 40.6. The molecule has 0 radical (unpaired) electrons. The first-order valence-corrected chi connectivity index (χ1v) is 12.6. The zero-order valence-corrected chi connectivity index (χ0v) is 18.3. The van der Waals surface area contributed by atoms with Crippen molar-refractivity contribution in [3.8, 4) is 11.4 Å². The molecule has 166 valence electrons. The second-order valence-electron chi connectivity index (χ2n) is 7.55. The van der Waals surface area contributed by atoms with Crippen LogP contribution in [0.2, 0.25) is 0 Å². The Balaban J connectivity index is 1.43. The van der Waals surface area contributed by atoms with Crippen molar-refractivity contribution in [1.82, 2.24) is 19.2 Å². The number of piperidine rings is 1. The standard InChI is InChI=1S/C19H22FN5O4S2/c20-14-6-4-13(5-7-14)16-21-18(30-23-16)22-17(26)15-3-1-2-8-25(15)19(27)24-9-11-31(28,29)12-10-24/h4-7,15H,1-3,8-12H2,(H,21,22,23,26). The molecule has 2 saturated heterocycles. The van der Waals surface area contributed by atoms with Gasteiger partial charge in [0.2, 0.25) is 11.0 Å². The maximum Gasteiger partial charge on any atom is 0.320 e. The highest BCUT2D eigenvalue weighted by molar-refractivity contribution is 7.91. The van der Waals surface area contributed by atoms with E-state index in [2.05, 4.69) is 14.7 Å². The SMILES string of the molecule is O=C(Nc1nc(-c2ccc(F)cc2)ns1)C1CCCCN1C(=O)N1CCS(=O)(=O)CC1. The molecule has 12 heteroatoms. The summed E-state index contributed by atoms with van der Waals surface area (Å²) in [7, 11) is -3.10. The molecule has 2 aliphatic rings. The van der Waals surface area contributed by atoms with E-state index in [1.54, 1.807) is 12.1 Å². The number of likely N-dealkylation sites (tertiary alicyclic amines) is 1. The fourth-order valence-electron chi connectivity index (χ4n) is 3.70. The topological polar surface area (TPSA) is 113 Å². The molecule has 1 unspecified atom stereocenters. The van der Waals surface area contributed by atoms with Crippen LogP contribution in [0, 0.1) is 5.82 Å². The first-order valence-electron chi connectivity index (χ1n) is 9.99. The number of urea groups is 1. The number of nitrogens with zero attached hydrogens (tertiary/aromatic N) is 4. The van der Waals surface area contributed by atoms with Crippen LogP contribution in [0.3, 0.4) is 0 Å². The number of anilines is 1. The van der Waals surface area contributed by atoms with E-state index < -0.39 is 15.9 Å². The molecule has 3 heterocycles. The molecule has 0 bridgehead atoms. The van der Waals surface area contributed by atoms with Crippen molar-refractivity contribution in [2.45, 2.75) is 25.3 Å². The van der Waals surface area contributed by atoms with Crippen molar-refractivity contribution in [3.63, 3.8) is 0 Å². The number of carbonyl (C=O) groups excluding carboxylic acids is 2. The Hall–Kier alpha value is -2.60. The van der Waals surface area contributed by atoms with Crippen molar-refractivity contribution in [3.05, 3.63) is 30.1 Å². The molecule has 2 fully saturated rings. The maximum absolute atomic E-state index is 13.1. The van der Waals surface area contributed by atoms with Crippen LogP contribution in [0.4, 0.5) is 14.3 Å². The Kier molecular flexibility index (Phi) is 6.19. The molecule has 2 aromatic rings. The average Bonchev–Trinajstić information content (AvgIpc) is 3.22. The van der Waals surface area contributed by atoms with Gasteiger partial charge in [0, 0.05) is 36.7 Å². The molecule has 2 aliphatic heterocycles. The Labute approximate surface area is 183 Å². The van der Waals surface area contributed by atoms with Crippen molar-refractivity contribution in [2.24, 2.45) is 0 Å². The predicted octanol–water partition coefficient (Wildman–Crippen LogP) is 1.99. The second-order valence-corrected chi connectivity index (χ2v) is 10.6. The molecule has 1 atom stereocenters. The number of carbonyl (C=O) groups is 2. The van der Waals surface area contributed by atoms with Crippen LogP contribution in [0.5, 0.6) is 0 Å². The normalized spacial score (nSPS) is 21.0. The van der Waals surface area contributed by atoms with Gasteiger partial charge >= 0.3 is 6.03 Å². The third-order valence-corrected chi connectivity index (χ3v) is 7.66. The minimum absolute atomic E-state index is 0.0552. The summed E-state index contributed by atoms with van der Waals surface area (Å²) in [6.45, 7) is 0.726. The molecule has 0 aliphatic carbocycles. The number of rotatable bonds is 3. The van der Waals surface area contributed by atoms with Crippen molar-refractivity contribution < 1.29 is 22.4 Å². The van der Waals surface area contributed by atoms with Gasteiger partial charge in [-0.3, -0.25) is 10.1 Å². The molecular formula is C19H22FN5O4S2. The number of hydrogen-bond acceptors (Lipinski definition) is 7. The van der Waals surface area contributed by atoms with Gasteiger partial charge in [-0.1, -0.05) is 0 Å². The number of aromatic nitrogens is 2. The Morgan fingerprint density at radius 3 is 2.52 bits per heavy atom. The minimum atomic E-state index is -3.10. The van der Waals surface area contributed by atoms with E-state index in [4.69, 9.17) is 0 Å². The highest BCUT2D eigenvalue weighted by atomic mass is 32.2. The summed E-state index contributed by atoms with van der Waals surface area (Å²) in [5.41, 5.74) is 0.632. The Morgan fingerprint density at radius 2 is 1.81 bits per heavy atom. The summed E-state index contributed by atoms with van der Waals surface area (Å²) in [5, 5.41) is 3.04. The second kappa shape index (κ2) is 8.87. The van der Waals surface area contributed by atoms with E-state index in [1.807, 2.05) is 0 Å². The van der Waals surface area contributed by atoms with E-state index >= 15 is 0 Å². The van der Waals surface area contributed by atoms with Gasteiger partial charge in [-0.2, -0.15) is 9.36 Å². The first kappa shape index (κ1) is 21.6. The van der Waals surface area contributed by atoms with E-state index in [-0.39, 0.29) is 42.4 Å². The lowest BCUT2D eigenvalue weighted by molar-refractivity contribution is -0.121. The molecule has 0 saturated carbocycles. The monoisotopic (exact) mass is 467 g/mol. The van der Waals surface area contributed by atoms with Gasteiger partial charge in [0.05, 0.1) is 11.5 Å².